The number of amides is 2. The molecule has 0 atom stereocenters. The summed E-state index contributed by atoms with van der Waals surface area (Å²) in [5.41, 5.74) is 0. The lowest BCUT2D eigenvalue weighted by molar-refractivity contribution is 0.261. The van der Waals surface area contributed by atoms with E-state index in [1.54, 1.807) is 30.5 Å². The fourth-order valence-corrected chi connectivity index (χ4v) is 1.42. The van der Waals surface area contributed by atoms with Gasteiger partial charge in [-0.2, -0.15) is 0 Å². The van der Waals surface area contributed by atoms with E-state index in [4.69, 9.17) is 4.42 Å². The highest BCUT2D eigenvalue weighted by atomic mass is 79.9. The van der Waals surface area contributed by atoms with Crippen molar-refractivity contribution in [3.8, 4) is 0 Å². The topological polar surface area (TPSA) is 67.2 Å². The fourth-order valence-electron chi connectivity index (χ4n) is 1.08. The number of carbonyl (C=O) groups excluding carboxylic acids is 1. The summed E-state index contributed by atoms with van der Waals surface area (Å²) in [4.78, 5) is 15.4. The molecule has 0 aliphatic carbocycles. The van der Waals surface area contributed by atoms with Crippen LogP contribution in [0.1, 0.15) is 0 Å². The Balaban J connectivity index is 1.97. The van der Waals surface area contributed by atoms with Crippen LogP contribution in [0.3, 0.4) is 0 Å². The highest BCUT2D eigenvalue weighted by Crippen LogP contribution is 2.13. The molecule has 2 rings (SSSR count). The molecule has 0 aliphatic rings. The van der Waals surface area contributed by atoms with Crippen molar-refractivity contribution >= 4 is 33.7 Å². The SMILES string of the molecule is O=C(Nc1cc(Br)ccn1)Nc1ccco1. The standard InChI is InChI=1S/C10H8BrN3O2/c11-7-3-4-12-8(6-7)13-10(15)14-9-2-1-5-16-9/h1-6H,(H2,12,13,14,15). The number of furan rings is 1. The van der Waals surface area contributed by atoms with E-state index in [9.17, 15) is 4.79 Å². The van der Waals surface area contributed by atoms with Crippen LogP contribution in [0.5, 0.6) is 0 Å². The van der Waals surface area contributed by atoms with Gasteiger partial charge in [-0.1, -0.05) is 15.9 Å². The van der Waals surface area contributed by atoms with Crippen molar-refractivity contribution in [2.24, 2.45) is 0 Å². The van der Waals surface area contributed by atoms with Gasteiger partial charge in [-0.3, -0.25) is 10.6 Å². The molecular weight excluding hydrogens is 274 g/mol. The molecule has 82 valence electrons. The number of nitrogens with zero attached hydrogens (tertiary/aromatic N) is 1. The van der Waals surface area contributed by atoms with Crippen molar-refractivity contribution < 1.29 is 9.21 Å². The Morgan fingerprint density at radius 2 is 2.25 bits per heavy atom. The first-order valence-corrected chi connectivity index (χ1v) is 5.26. The third-order valence-electron chi connectivity index (χ3n) is 1.72. The molecule has 0 unspecified atom stereocenters. The van der Waals surface area contributed by atoms with Crippen LogP contribution in [0.15, 0.2) is 45.6 Å². The predicted molar refractivity (Wildman–Crippen MR) is 63.3 cm³/mol. The van der Waals surface area contributed by atoms with Crippen LogP contribution in [0.2, 0.25) is 0 Å². The van der Waals surface area contributed by atoms with Crippen LogP contribution in [0.25, 0.3) is 0 Å². The summed E-state index contributed by atoms with van der Waals surface area (Å²) in [7, 11) is 0. The van der Waals surface area contributed by atoms with Gasteiger partial charge < -0.3 is 4.42 Å². The molecule has 2 aromatic heterocycles. The van der Waals surface area contributed by atoms with Crippen molar-refractivity contribution in [3.05, 3.63) is 41.2 Å². The molecule has 0 saturated heterocycles. The summed E-state index contributed by atoms with van der Waals surface area (Å²) < 4.78 is 5.81. The van der Waals surface area contributed by atoms with E-state index in [1.807, 2.05) is 0 Å². The van der Waals surface area contributed by atoms with E-state index < -0.39 is 6.03 Å². The smallest absolute Gasteiger partial charge is 0.327 e. The second kappa shape index (κ2) is 4.80. The molecule has 0 fully saturated rings. The summed E-state index contributed by atoms with van der Waals surface area (Å²) in [5, 5.41) is 5.09. The summed E-state index contributed by atoms with van der Waals surface area (Å²) in [6, 6.07) is 6.40. The third-order valence-corrected chi connectivity index (χ3v) is 2.21. The number of rotatable bonds is 2. The first-order chi connectivity index (χ1) is 7.74. The maximum Gasteiger partial charge on any atom is 0.327 e. The lowest BCUT2D eigenvalue weighted by atomic mass is 10.5. The molecule has 16 heavy (non-hydrogen) atoms. The van der Waals surface area contributed by atoms with Crippen LogP contribution >= 0.6 is 15.9 Å². The van der Waals surface area contributed by atoms with Gasteiger partial charge in [0, 0.05) is 16.7 Å². The van der Waals surface area contributed by atoms with E-state index >= 15 is 0 Å². The van der Waals surface area contributed by atoms with Crippen LogP contribution in [0, 0.1) is 0 Å². The first kappa shape index (κ1) is 10.7. The first-order valence-electron chi connectivity index (χ1n) is 4.47. The van der Waals surface area contributed by atoms with Gasteiger partial charge in [0.1, 0.15) is 5.82 Å². The van der Waals surface area contributed by atoms with Crippen molar-refractivity contribution in [1.29, 1.82) is 0 Å². The lowest BCUT2D eigenvalue weighted by Crippen LogP contribution is -2.19. The van der Waals surface area contributed by atoms with Gasteiger partial charge in [-0.05, 0) is 18.2 Å². The second-order valence-electron chi connectivity index (χ2n) is 2.92. The number of hydrogen-bond acceptors (Lipinski definition) is 3. The van der Waals surface area contributed by atoms with Crippen molar-refractivity contribution in [2.75, 3.05) is 10.6 Å². The average Bonchev–Trinajstić information content (AvgIpc) is 2.70. The van der Waals surface area contributed by atoms with Gasteiger partial charge in [0.25, 0.3) is 0 Å². The minimum atomic E-state index is -0.402. The molecule has 0 bridgehead atoms. The monoisotopic (exact) mass is 281 g/mol. The Hall–Kier alpha value is -1.82. The molecule has 5 nitrogen and oxygen atoms in total. The summed E-state index contributed by atoms with van der Waals surface area (Å²) in [6.07, 6.45) is 3.07. The Morgan fingerprint density at radius 1 is 1.38 bits per heavy atom. The fraction of sp³-hybridized carbons (Fsp3) is 0. The molecule has 6 heteroatoms. The van der Waals surface area contributed by atoms with Crippen LogP contribution in [-0.2, 0) is 0 Å². The van der Waals surface area contributed by atoms with Crippen LogP contribution < -0.4 is 10.6 Å². The largest absolute Gasteiger partial charge is 0.449 e. The predicted octanol–water partition coefficient (Wildman–Crippen LogP) is 3.08. The number of anilines is 2. The van der Waals surface area contributed by atoms with Gasteiger partial charge >= 0.3 is 6.03 Å². The lowest BCUT2D eigenvalue weighted by Gasteiger charge is -2.04. The van der Waals surface area contributed by atoms with Gasteiger partial charge in [0.05, 0.1) is 6.26 Å². The normalized spacial score (nSPS) is 9.81. The van der Waals surface area contributed by atoms with Crippen LogP contribution in [0.4, 0.5) is 16.5 Å². The summed E-state index contributed by atoms with van der Waals surface area (Å²) in [5.74, 6) is 0.839. The zero-order chi connectivity index (χ0) is 11.4. The molecule has 2 heterocycles. The Kier molecular flexibility index (Phi) is 3.21. The highest BCUT2D eigenvalue weighted by molar-refractivity contribution is 9.10. The average molecular weight is 282 g/mol. The van der Waals surface area contributed by atoms with Crippen molar-refractivity contribution in [3.63, 3.8) is 0 Å². The molecule has 0 aliphatic heterocycles. The minimum Gasteiger partial charge on any atom is -0.449 e. The molecule has 0 spiro atoms. The molecular formula is C10H8BrN3O2. The molecule has 2 aromatic rings. The number of urea groups is 1. The van der Waals surface area contributed by atoms with Gasteiger partial charge in [0.15, 0.2) is 0 Å². The Labute approximate surface area is 100.0 Å². The number of hydrogen-bond donors (Lipinski definition) is 2. The number of halogens is 1. The maximum atomic E-state index is 11.5. The maximum absolute atomic E-state index is 11.5. The number of aromatic nitrogens is 1. The van der Waals surface area contributed by atoms with E-state index in [1.165, 1.54) is 6.26 Å². The number of carbonyl (C=O) groups is 1. The van der Waals surface area contributed by atoms with Crippen molar-refractivity contribution in [1.82, 2.24) is 4.98 Å². The number of pyridine rings is 1. The quantitative estimate of drug-likeness (QED) is 0.889. The van der Waals surface area contributed by atoms with E-state index in [0.717, 1.165) is 4.47 Å². The van der Waals surface area contributed by atoms with Gasteiger partial charge in [-0.25, -0.2) is 9.78 Å². The zero-order valence-corrected chi connectivity index (χ0v) is 9.69. The molecule has 2 amide bonds. The highest BCUT2D eigenvalue weighted by Gasteiger charge is 2.04. The zero-order valence-electron chi connectivity index (χ0n) is 8.11. The van der Waals surface area contributed by atoms with Crippen molar-refractivity contribution in [2.45, 2.75) is 0 Å². The number of nitrogens with one attached hydrogen (secondary N) is 2. The Bertz CT molecular complexity index is 485. The van der Waals surface area contributed by atoms with E-state index in [2.05, 4.69) is 31.5 Å². The minimum absolute atomic E-state index is 0.382. The molecule has 2 N–H and O–H groups in total. The Morgan fingerprint density at radius 3 is 2.94 bits per heavy atom. The molecule has 0 aromatic carbocycles. The van der Waals surface area contributed by atoms with Crippen LogP contribution in [-0.4, -0.2) is 11.0 Å². The third kappa shape index (κ3) is 2.83. The van der Waals surface area contributed by atoms with Gasteiger partial charge in [-0.15, -0.1) is 0 Å². The van der Waals surface area contributed by atoms with Gasteiger partial charge in [0.2, 0.25) is 5.88 Å². The molecule has 0 radical (unpaired) electrons. The summed E-state index contributed by atoms with van der Waals surface area (Å²) >= 11 is 3.28. The molecule has 0 saturated carbocycles. The summed E-state index contributed by atoms with van der Waals surface area (Å²) in [6.45, 7) is 0. The second-order valence-corrected chi connectivity index (χ2v) is 3.83. The van der Waals surface area contributed by atoms with E-state index in [-0.39, 0.29) is 0 Å². The van der Waals surface area contributed by atoms with E-state index in [0.29, 0.717) is 11.7 Å².